The highest BCUT2D eigenvalue weighted by Crippen LogP contribution is 2.38. The summed E-state index contributed by atoms with van der Waals surface area (Å²) >= 11 is 18.3. The number of likely N-dealkylation sites (tertiary alicyclic amines) is 4. The third-order valence-electron chi connectivity index (χ3n) is 23.8. The molecule has 9 aromatic heterocycles. The van der Waals surface area contributed by atoms with E-state index in [1.165, 1.54) is 55.5 Å². The number of nitrogens with one attached hydrogen (secondary N) is 9. The number of aliphatic hydroxyl groups is 1. The number of anilines is 3. The highest BCUT2D eigenvalue weighted by Gasteiger charge is 2.31. The van der Waals surface area contributed by atoms with Crippen LogP contribution in [0.4, 0.5) is 17.1 Å². The number of imidazole rings is 3. The maximum absolute atomic E-state index is 13.0. The lowest BCUT2D eigenvalue weighted by molar-refractivity contribution is 0.0320. The molecule has 29 nitrogen and oxygen atoms in total. The number of aliphatic hydroxyl groups excluding tert-OH is 1. The van der Waals surface area contributed by atoms with Gasteiger partial charge in [-0.3, -0.25) is 28.4 Å². The van der Waals surface area contributed by atoms with Crippen molar-refractivity contribution in [1.82, 2.24) is 93.8 Å². The van der Waals surface area contributed by atoms with Crippen LogP contribution in [-0.2, 0) is 40.8 Å². The molecule has 0 unspecified atom stereocenters. The van der Waals surface area contributed by atoms with Crippen LogP contribution in [0.3, 0.4) is 0 Å². The van der Waals surface area contributed by atoms with Crippen molar-refractivity contribution in [2.45, 2.75) is 128 Å². The zero-order chi connectivity index (χ0) is 82.5. The lowest BCUT2D eigenvalue weighted by Gasteiger charge is -2.42. The molecule has 0 spiro atoms. The number of hydrogen-bond donors (Lipinski definition) is 10. The number of pyridine rings is 3. The molecule has 0 aliphatic carbocycles. The van der Waals surface area contributed by atoms with Crippen LogP contribution < -0.4 is 32.6 Å². The number of rotatable bonds is 29. The zero-order valence-electron chi connectivity index (χ0n) is 68.8. The Kier molecular flexibility index (Phi) is 28.5. The van der Waals surface area contributed by atoms with E-state index in [-0.39, 0.29) is 16.7 Å². The predicted molar refractivity (Wildman–Crippen MR) is 469 cm³/mol. The van der Waals surface area contributed by atoms with Crippen molar-refractivity contribution >= 4 is 85.0 Å². The fourth-order valence-corrected chi connectivity index (χ4v) is 17.9. The molecular weight excluding hydrogens is 1560 g/mol. The molecule has 0 saturated carbocycles. The van der Waals surface area contributed by atoms with Gasteiger partial charge in [-0.2, -0.15) is 15.3 Å². The van der Waals surface area contributed by atoms with Crippen LogP contribution >= 0.6 is 34.8 Å². The number of aromatic nitrogens is 15. The minimum Gasteiger partial charge on any atom is -0.389 e. The van der Waals surface area contributed by atoms with E-state index in [2.05, 4.69) is 138 Å². The van der Waals surface area contributed by atoms with Gasteiger partial charge in [-0.15, -0.1) is 0 Å². The minimum atomic E-state index is -0.455. The van der Waals surface area contributed by atoms with Crippen LogP contribution in [-0.4, -0.2) is 244 Å². The molecule has 118 heavy (non-hydrogen) atoms. The number of β-amino-alcohol motifs (C(OH)–C–C–N with tert-alkyl or cyclic N) is 1. The van der Waals surface area contributed by atoms with Gasteiger partial charge in [0.25, 0.3) is 16.7 Å². The highest BCUT2D eigenvalue weighted by atomic mass is 35.5. The summed E-state index contributed by atoms with van der Waals surface area (Å²) in [7, 11) is 7.03. The Balaban J connectivity index is 0.000000146. The van der Waals surface area contributed by atoms with Gasteiger partial charge in [0.15, 0.2) is 0 Å². The molecule has 3 aromatic carbocycles. The fourth-order valence-electron chi connectivity index (χ4n) is 17.3. The molecule has 0 bridgehead atoms. The number of halogens is 3. The molecule has 0 radical (unpaired) electrons. The Morgan fingerprint density at radius 2 is 0.898 bits per heavy atom. The van der Waals surface area contributed by atoms with E-state index in [4.69, 9.17) is 64.0 Å². The largest absolute Gasteiger partial charge is 0.389 e. The van der Waals surface area contributed by atoms with Gasteiger partial charge in [0, 0.05) is 111 Å². The molecule has 12 aromatic rings. The second kappa shape index (κ2) is 39.6. The van der Waals surface area contributed by atoms with Crippen LogP contribution in [0.2, 0.25) is 15.1 Å². The van der Waals surface area contributed by atoms with Crippen molar-refractivity contribution in [2.24, 2.45) is 7.05 Å². The van der Waals surface area contributed by atoms with E-state index in [0.717, 1.165) is 164 Å². The molecule has 1 atom stereocenters. The van der Waals surface area contributed by atoms with Gasteiger partial charge >= 0.3 is 0 Å². The summed E-state index contributed by atoms with van der Waals surface area (Å²) in [5.74, 6) is 3.16. The topological polar surface area (TPSA) is 335 Å². The first kappa shape index (κ1) is 84.9. The molecule has 628 valence electrons. The number of aryl methyl sites for hydroxylation is 4. The van der Waals surface area contributed by atoms with Crippen LogP contribution in [0.25, 0.3) is 67.3 Å². The molecular formula is C86H111Cl3N22O7. The van der Waals surface area contributed by atoms with Gasteiger partial charge in [0.2, 0.25) is 0 Å². The lowest BCUT2D eigenvalue weighted by atomic mass is 9.87. The lowest BCUT2D eigenvalue weighted by Crippen LogP contribution is -2.48. The standard InChI is InChI=1S/C31H41ClN8O2.C28H36ClN7O2.C27H34ClN7O3/c1-21-17-23(22-4-12-39(13-5-22)25-6-10-38(11-7-25)15-16-42-2)18-27-29(21)37-30(36-27)28-26(3-8-34-31(28)41)33-9-14-40-20-24(32)19-35-40;1-17-15-20(19-7-11-36(12-8-19)13-14-38-4)16-23-26(17)33-27(32-23)24-21(5-10-31-28(24)37)30-9-6-22-25(29)18(2)35(3)34-22;1-17-11-19(18-4-8-34(9-5-18)15-21(36)16-38-2)12-23-25(17)33-26(32-23)24-22(3-6-30-27(24)37)29-7-10-35-14-20(28)13-31-35/h3,8,17-20,22,25H,4-7,9-16H2,1-2H3,(H,36,37)(H2,33,34,41);5,10,15-16,19H,6-9,11-14H2,1-4H3,(H,32,33)(H2,30,31,37);3,6,11-14,18,21,36H,4-5,7-10,15-16H2,1-2H3,(H,32,33)(H2,29,30,37)/t;;21-/m..1/s1. The van der Waals surface area contributed by atoms with Crippen molar-refractivity contribution < 1.29 is 19.3 Å². The summed E-state index contributed by atoms with van der Waals surface area (Å²) in [6.07, 6.45) is 21.0. The van der Waals surface area contributed by atoms with E-state index in [1.807, 2.05) is 32.2 Å². The Morgan fingerprint density at radius 1 is 0.508 bits per heavy atom. The van der Waals surface area contributed by atoms with Crippen molar-refractivity contribution in [2.75, 3.05) is 149 Å². The first-order valence-corrected chi connectivity index (χ1v) is 42.4. The Morgan fingerprint density at radius 3 is 1.27 bits per heavy atom. The van der Waals surface area contributed by atoms with Gasteiger partial charge in [-0.05, 0) is 219 Å². The summed E-state index contributed by atoms with van der Waals surface area (Å²) in [5.41, 5.74) is 17.7. The smallest absolute Gasteiger partial charge is 0.261 e. The van der Waals surface area contributed by atoms with Crippen molar-refractivity contribution in [3.8, 4) is 34.2 Å². The summed E-state index contributed by atoms with van der Waals surface area (Å²) in [4.78, 5) is 82.1. The fraction of sp³-hybridized carbons (Fsp3) is 0.477. The third-order valence-corrected chi connectivity index (χ3v) is 24.6. The molecule has 0 amide bonds. The molecule has 4 saturated heterocycles. The normalized spacial score (nSPS) is 16.2. The maximum Gasteiger partial charge on any atom is 0.261 e. The number of hydrogen-bond acceptors (Lipinski definition) is 20. The SMILES string of the molecule is COCCN1CCC(N2CCC(c3cc(C)c4nc(-c5c(NCCn6cc(Cl)cn6)cc[nH]c5=O)[nH]c4c3)CC2)CC1.COCCN1CCC(c2cc(C)c3nc(-c4c(NCCc5nn(C)c(C)c5Cl)cc[nH]c4=O)[nH]c3c2)CC1.COC[C@H](O)CN1CCC(c2cc(C)c3nc(-c4c(NCCn5cc(Cl)cn5)cc[nH]c4=O)[nH]c3c2)CC1. The second-order valence-electron chi connectivity index (χ2n) is 31.8. The molecule has 16 rings (SSSR count). The zero-order valence-corrected chi connectivity index (χ0v) is 71.0. The first-order chi connectivity index (χ1) is 57.2. The quantitative estimate of drug-likeness (QED) is 0.0208. The van der Waals surface area contributed by atoms with E-state index >= 15 is 0 Å². The number of aromatic amines is 6. The number of piperidine rings is 4. The summed E-state index contributed by atoms with van der Waals surface area (Å²) in [5, 5.41) is 35.0. The molecule has 4 aliphatic heterocycles. The van der Waals surface area contributed by atoms with Crippen LogP contribution in [0.15, 0.2) is 112 Å². The highest BCUT2D eigenvalue weighted by molar-refractivity contribution is 6.32. The van der Waals surface area contributed by atoms with E-state index in [0.29, 0.717) is 131 Å². The van der Waals surface area contributed by atoms with Crippen molar-refractivity contribution in [1.29, 1.82) is 0 Å². The van der Waals surface area contributed by atoms with E-state index in [1.54, 1.807) is 78.8 Å². The van der Waals surface area contributed by atoms with Crippen LogP contribution in [0, 0.1) is 27.7 Å². The molecule has 4 fully saturated rings. The van der Waals surface area contributed by atoms with Gasteiger partial charge < -0.3 is 84.8 Å². The number of fused-ring (bicyclic) bond motifs is 3. The number of nitrogens with zero attached hydrogens (tertiary/aromatic N) is 13. The first-order valence-electron chi connectivity index (χ1n) is 41.2. The van der Waals surface area contributed by atoms with Gasteiger partial charge in [-0.1, -0.05) is 53.0 Å². The monoisotopic (exact) mass is 1670 g/mol. The second-order valence-corrected chi connectivity index (χ2v) is 33.0. The number of ether oxygens (including phenoxy) is 3. The average molecular weight is 1670 g/mol. The van der Waals surface area contributed by atoms with Gasteiger partial charge in [-0.25, -0.2) is 15.0 Å². The number of benzene rings is 3. The minimum absolute atomic E-state index is 0.184. The van der Waals surface area contributed by atoms with Crippen LogP contribution in [0.5, 0.6) is 0 Å². The third kappa shape index (κ3) is 20.7. The van der Waals surface area contributed by atoms with Crippen LogP contribution in [0.1, 0.15) is 114 Å². The molecule has 10 N–H and O–H groups in total. The number of methoxy groups -OCH3 is 3. The predicted octanol–water partition coefficient (Wildman–Crippen LogP) is 12.3. The van der Waals surface area contributed by atoms with Crippen molar-refractivity contribution in [3.63, 3.8) is 0 Å². The Bertz CT molecular complexity index is 5530. The molecule has 4 aliphatic rings. The maximum atomic E-state index is 13.0. The van der Waals surface area contributed by atoms with Crippen molar-refractivity contribution in [3.05, 3.63) is 189 Å². The van der Waals surface area contributed by atoms with Gasteiger partial charge in [0.1, 0.15) is 34.2 Å². The summed E-state index contributed by atoms with van der Waals surface area (Å²) < 4.78 is 20.9. The average Bonchev–Trinajstić information content (AvgIpc) is 1.64. The molecule has 13 heterocycles. The Hall–Kier alpha value is -9.50. The van der Waals surface area contributed by atoms with E-state index in [9.17, 15) is 19.5 Å². The van der Waals surface area contributed by atoms with Gasteiger partial charge in [0.05, 0.1) is 128 Å². The summed E-state index contributed by atoms with van der Waals surface area (Å²) in [6, 6.07) is 19.7. The van der Waals surface area contributed by atoms with E-state index < -0.39 is 6.10 Å². The summed E-state index contributed by atoms with van der Waals surface area (Å²) in [6.45, 7) is 24.5. The number of H-pyrrole nitrogens is 6. The molecule has 32 heteroatoms. The Labute approximate surface area is 701 Å².